The average molecular weight is 473 g/mol. The summed E-state index contributed by atoms with van der Waals surface area (Å²) in [7, 11) is 3.29. The zero-order valence-electron chi connectivity index (χ0n) is 21.2. The predicted molar refractivity (Wildman–Crippen MR) is 123 cm³/mol. The summed E-state index contributed by atoms with van der Waals surface area (Å²) in [6.45, 7) is 10.3. The predicted octanol–water partition coefficient (Wildman–Crippen LogP) is 3.41. The first kappa shape index (κ1) is 23.7. The molecule has 0 amide bonds. The molecule has 0 spiro atoms. The van der Waals surface area contributed by atoms with Gasteiger partial charge >= 0.3 is 11.9 Å². The van der Waals surface area contributed by atoms with Crippen molar-refractivity contribution in [3.05, 3.63) is 23.3 Å². The fourth-order valence-electron chi connectivity index (χ4n) is 8.85. The Hall–Kier alpha value is -1.99. The van der Waals surface area contributed by atoms with Gasteiger partial charge in [-0.3, -0.25) is 4.79 Å². The van der Waals surface area contributed by atoms with Crippen LogP contribution in [0.4, 0.5) is 0 Å². The Morgan fingerprint density at radius 1 is 0.941 bits per heavy atom. The van der Waals surface area contributed by atoms with Gasteiger partial charge in [-0.05, 0) is 49.2 Å². The minimum absolute atomic E-state index is 0.0505. The van der Waals surface area contributed by atoms with Gasteiger partial charge < -0.3 is 18.9 Å². The van der Waals surface area contributed by atoms with Crippen molar-refractivity contribution < 1.29 is 33.3 Å². The van der Waals surface area contributed by atoms with Gasteiger partial charge in [-0.15, -0.1) is 0 Å². The van der Waals surface area contributed by atoms with Gasteiger partial charge in [0.25, 0.3) is 0 Å². The zero-order chi connectivity index (χ0) is 24.8. The van der Waals surface area contributed by atoms with Crippen molar-refractivity contribution in [1.82, 2.24) is 0 Å². The van der Waals surface area contributed by atoms with E-state index in [9.17, 15) is 14.4 Å². The number of methoxy groups -OCH3 is 2. The maximum absolute atomic E-state index is 14.0. The molecule has 186 valence electrons. The highest BCUT2D eigenvalue weighted by atomic mass is 16.6. The van der Waals surface area contributed by atoms with Crippen LogP contribution in [0, 0.1) is 34.0 Å². The molecule has 0 N–H and O–H groups in total. The van der Waals surface area contributed by atoms with Crippen LogP contribution in [-0.4, -0.2) is 56.4 Å². The molecule has 0 aromatic rings. The van der Waals surface area contributed by atoms with Crippen LogP contribution in [0.3, 0.4) is 0 Å². The summed E-state index contributed by atoms with van der Waals surface area (Å²) < 4.78 is 23.7. The van der Waals surface area contributed by atoms with E-state index in [0.717, 1.165) is 11.1 Å². The molecule has 0 bridgehead atoms. The normalized spacial score (nSPS) is 50.0. The first-order valence-corrected chi connectivity index (χ1v) is 12.3. The number of ether oxygens (including phenoxy) is 4. The summed E-state index contributed by atoms with van der Waals surface area (Å²) in [5, 5.41) is 0. The molecule has 2 aliphatic heterocycles. The van der Waals surface area contributed by atoms with Crippen LogP contribution >= 0.6 is 0 Å². The number of carbonyl (C=O) groups is 3. The van der Waals surface area contributed by atoms with Gasteiger partial charge in [-0.1, -0.05) is 27.7 Å². The lowest BCUT2D eigenvalue weighted by atomic mass is 9.37. The van der Waals surface area contributed by atoms with Gasteiger partial charge in [0.1, 0.15) is 18.3 Å². The van der Waals surface area contributed by atoms with Crippen LogP contribution in [0.5, 0.6) is 0 Å². The van der Waals surface area contributed by atoms with Gasteiger partial charge in [0, 0.05) is 48.5 Å². The molecule has 10 atom stereocenters. The van der Waals surface area contributed by atoms with Gasteiger partial charge in [0.05, 0.1) is 6.10 Å². The van der Waals surface area contributed by atoms with E-state index in [2.05, 4.69) is 27.7 Å². The lowest BCUT2D eigenvalue weighted by Gasteiger charge is -2.68. The smallest absolute Gasteiger partial charge is 0.331 e. The molecule has 0 aromatic heterocycles. The molecule has 5 rings (SSSR count). The third-order valence-electron chi connectivity index (χ3n) is 10.2. The largest absolute Gasteiger partial charge is 0.458 e. The maximum Gasteiger partial charge on any atom is 0.331 e. The minimum Gasteiger partial charge on any atom is -0.458 e. The average Bonchev–Trinajstić information content (AvgIpc) is 3.12. The highest BCUT2D eigenvalue weighted by Gasteiger charge is 2.73. The Morgan fingerprint density at radius 2 is 1.62 bits per heavy atom. The number of hydrogen-bond donors (Lipinski definition) is 0. The lowest BCUT2D eigenvalue weighted by Crippen LogP contribution is -2.72. The van der Waals surface area contributed by atoms with Crippen molar-refractivity contribution in [3.63, 3.8) is 0 Å². The van der Waals surface area contributed by atoms with Crippen molar-refractivity contribution >= 4 is 17.7 Å². The van der Waals surface area contributed by atoms with E-state index < -0.39 is 28.5 Å². The van der Waals surface area contributed by atoms with E-state index in [1.54, 1.807) is 20.3 Å². The quantitative estimate of drug-likeness (QED) is 0.582. The Morgan fingerprint density at radius 3 is 2.21 bits per heavy atom. The number of fused-ring (bicyclic) bond motifs is 2. The molecule has 2 heterocycles. The number of rotatable bonds is 3. The number of ketones is 1. The lowest BCUT2D eigenvalue weighted by molar-refractivity contribution is -0.232. The zero-order valence-corrected chi connectivity index (χ0v) is 21.2. The van der Waals surface area contributed by atoms with Crippen molar-refractivity contribution in [2.45, 2.75) is 78.3 Å². The Balaban J connectivity index is 1.72. The molecule has 3 aliphatic carbocycles. The second-order valence-corrected chi connectivity index (χ2v) is 11.8. The number of hydrogen-bond acceptors (Lipinski definition) is 7. The molecular formula is C27H36O7. The molecule has 0 aromatic carbocycles. The standard InChI is InChI=1S/C27H36O7/c1-13-8-16(31-6)23(30)26(4)15(13)10-19-27(5)18(11-21(29)33-19)25(3,12-17(32-7)22(26)27)24-14(2)9-20(28)34-24/h9,11,13,15-17,19,22,24H,8,10,12H2,1-7H3/t13-,15+,16+,17-,19-,22-,24+,25+,26-,27+/m0/s1. The topological polar surface area (TPSA) is 88.1 Å². The van der Waals surface area contributed by atoms with Crippen LogP contribution in [0.25, 0.3) is 0 Å². The summed E-state index contributed by atoms with van der Waals surface area (Å²) >= 11 is 0. The van der Waals surface area contributed by atoms with Crippen LogP contribution in [0.2, 0.25) is 0 Å². The fraction of sp³-hybridized carbons (Fsp3) is 0.741. The van der Waals surface area contributed by atoms with E-state index in [-0.39, 0.29) is 47.7 Å². The van der Waals surface area contributed by atoms with Crippen molar-refractivity contribution in [2.75, 3.05) is 14.2 Å². The molecule has 0 unspecified atom stereocenters. The highest BCUT2D eigenvalue weighted by molar-refractivity contribution is 5.92. The molecule has 7 heteroatoms. The van der Waals surface area contributed by atoms with Crippen molar-refractivity contribution in [3.8, 4) is 0 Å². The number of esters is 2. The van der Waals surface area contributed by atoms with E-state index in [4.69, 9.17) is 18.9 Å². The molecule has 3 saturated carbocycles. The van der Waals surface area contributed by atoms with Gasteiger partial charge in [0.2, 0.25) is 0 Å². The van der Waals surface area contributed by atoms with E-state index in [0.29, 0.717) is 19.3 Å². The summed E-state index contributed by atoms with van der Waals surface area (Å²) in [5.74, 6) is -0.539. The fourth-order valence-corrected chi connectivity index (χ4v) is 8.85. The first-order valence-electron chi connectivity index (χ1n) is 12.3. The first-order chi connectivity index (χ1) is 15.9. The van der Waals surface area contributed by atoms with Crippen LogP contribution < -0.4 is 0 Å². The highest BCUT2D eigenvalue weighted by Crippen LogP contribution is 2.70. The summed E-state index contributed by atoms with van der Waals surface area (Å²) in [4.78, 5) is 39.1. The van der Waals surface area contributed by atoms with Gasteiger partial charge in [-0.25, -0.2) is 9.59 Å². The second-order valence-electron chi connectivity index (χ2n) is 11.8. The van der Waals surface area contributed by atoms with Crippen molar-refractivity contribution in [1.29, 1.82) is 0 Å². The third-order valence-corrected chi connectivity index (χ3v) is 10.2. The van der Waals surface area contributed by atoms with E-state index in [1.165, 1.54) is 6.08 Å². The maximum atomic E-state index is 14.0. The Bertz CT molecular complexity index is 1010. The van der Waals surface area contributed by atoms with Crippen LogP contribution in [0.1, 0.15) is 53.9 Å². The molecule has 5 aliphatic rings. The monoisotopic (exact) mass is 472 g/mol. The van der Waals surface area contributed by atoms with E-state index in [1.807, 2.05) is 6.92 Å². The molecule has 3 fully saturated rings. The SMILES string of the molecule is CO[C@H]1C[C@@](C)([C@@H]2OC(=O)C=C2C)C2=CC(=O)O[C@H]3C[C@@H]4[C@@H](C)C[C@@H](OC)C(=O)[C@]4(C)[C@H]1[C@]23C. The summed E-state index contributed by atoms with van der Waals surface area (Å²) in [5.41, 5.74) is -0.267. The van der Waals surface area contributed by atoms with Crippen molar-refractivity contribution in [2.24, 2.45) is 34.0 Å². The molecule has 34 heavy (non-hydrogen) atoms. The molecule has 7 nitrogen and oxygen atoms in total. The third kappa shape index (κ3) is 2.80. The Labute approximate surface area is 201 Å². The molecular weight excluding hydrogens is 436 g/mol. The molecule has 0 saturated heterocycles. The van der Waals surface area contributed by atoms with Crippen LogP contribution in [0.15, 0.2) is 23.3 Å². The minimum atomic E-state index is -0.703. The second kappa shape index (κ2) is 7.50. The summed E-state index contributed by atoms with van der Waals surface area (Å²) in [6, 6.07) is 0. The van der Waals surface area contributed by atoms with Crippen LogP contribution in [-0.2, 0) is 33.3 Å². The summed E-state index contributed by atoms with van der Waals surface area (Å²) in [6.07, 6.45) is 3.31. The number of cyclic esters (lactones) is 1. The van der Waals surface area contributed by atoms with Gasteiger partial charge in [-0.2, -0.15) is 0 Å². The van der Waals surface area contributed by atoms with Gasteiger partial charge in [0.15, 0.2) is 5.78 Å². The number of carbonyl (C=O) groups excluding carboxylic acids is 3. The number of Topliss-reactive ketones (excluding diaryl/α,β-unsaturated/α-hetero) is 1. The van der Waals surface area contributed by atoms with E-state index >= 15 is 0 Å². The molecule has 0 radical (unpaired) electrons. The Kier molecular flexibility index (Phi) is 5.24.